The number of carbonyl (C=O) groups excluding carboxylic acids is 1. The van der Waals surface area contributed by atoms with Crippen LogP contribution in [0.25, 0.3) is 0 Å². The van der Waals surface area contributed by atoms with Crippen molar-refractivity contribution in [2.45, 2.75) is 12.5 Å². The van der Waals surface area contributed by atoms with Gasteiger partial charge in [0.05, 0.1) is 18.8 Å². The Morgan fingerprint density at radius 1 is 1.21 bits per heavy atom. The number of hydrogen-bond acceptors (Lipinski definition) is 5. The fourth-order valence-electron chi connectivity index (χ4n) is 3.57. The van der Waals surface area contributed by atoms with Gasteiger partial charge in [0.25, 0.3) is 5.91 Å². The maximum absolute atomic E-state index is 13.2. The molecule has 0 radical (unpaired) electrons. The summed E-state index contributed by atoms with van der Waals surface area (Å²) in [5, 5.41) is 13.7. The van der Waals surface area contributed by atoms with E-state index in [2.05, 4.69) is 16.4 Å². The monoisotopic (exact) mass is 389 g/mol. The molecule has 6 heteroatoms. The number of aliphatic hydroxyl groups is 1. The molecule has 6 nitrogen and oxygen atoms in total. The first-order chi connectivity index (χ1) is 14.2. The molecule has 0 fully saturated rings. The number of para-hydroxylation sites is 1. The molecule has 0 bridgehead atoms. The summed E-state index contributed by atoms with van der Waals surface area (Å²) in [6.07, 6.45) is 1.72. The average molecular weight is 389 g/mol. The van der Waals surface area contributed by atoms with Gasteiger partial charge in [0.1, 0.15) is 11.6 Å². The molecule has 0 saturated carbocycles. The number of ether oxygens (including phenoxy) is 1. The molecule has 1 atom stereocenters. The highest BCUT2D eigenvalue weighted by Crippen LogP contribution is 2.30. The average Bonchev–Trinajstić information content (AvgIpc) is 3.21. The molecule has 1 aliphatic rings. The molecule has 2 aromatic carbocycles. The van der Waals surface area contributed by atoms with Crippen LogP contribution < -0.4 is 15.0 Å². The van der Waals surface area contributed by atoms with Crippen molar-refractivity contribution in [3.05, 3.63) is 83.6 Å². The van der Waals surface area contributed by atoms with E-state index < -0.39 is 6.10 Å². The van der Waals surface area contributed by atoms with Crippen LogP contribution in [-0.4, -0.2) is 36.2 Å². The zero-order chi connectivity index (χ0) is 20.2. The van der Waals surface area contributed by atoms with E-state index in [-0.39, 0.29) is 12.5 Å². The van der Waals surface area contributed by atoms with Gasteiger partial charge in [-0.1, -0.05) is 30.3 Å². The lowest BCUT2D eigenvalue weighted by Crippen LogP contribution is -2.30. The van der Waals surface area contributed by atoms with Gasteiger partial charge >= 0.3 is 0 Å². The summed E-state index contributed by atoms with van der Waals surface area (Å²) in [6.45, 7) is 0.875. The van der Waals surface area contributed by atoms with Crippen LogP contribution in [0, 0.1) is 0 Å². The molecule has 1 aromatic heterocycles. The molecule has 2 heterocycles. The lowest BCUT2D eigenvalue weighted by molar-refractivity contribution is 0.0989. The lowest BCUT2D eigenvalue weighted by atomic mass is 10.1. The molecule has 1 unspecified atom stereocenters. The Morgan fingerprint density at radius 2 is 2.07 bits per heavy atom. The Hall–Kier alpha value is -3.38. The molecule has 1 amide bonds. The number of nitrogens with one attached hydrogen (secondary N) is 1. The van der Waals surface area contributed by atoms with Crippen LogP contribution in [-0.2, 0) is 6.42 Å². The van der Waals surface area contributed by atoms with Crippen molar-refractivity contribution in [2.75, 3.05) is 30.4 Å². The molecule has 0 saturated heterocycles. The number of anilines is 2. The van der Waals surface area contributed by atoms with E-state index in [4.69, 9.17) is 4.74 Å². The summed E-state index contributed by atoms with van der Waals surface area (Å²) in [4.78, 5) is 19.3. The summed E-state index contributed by atoms with van der Waals surface area (Å²) >= 11 is 0. The van der Waals surface area contributed by atoms with Crippen molar-refractivity contribution in [3.8, 4) is 5.75 Å². The third-order valence-electron chi connectivity index (χ3n) is 5.11. The fourth-order valence-corrected chi connectivity index (χ4v) is 3.57. The van der Waals surface area contributed by atoms with E-state index in [1.54, 1.807) is 36.4 Å². The predicted molar refractivity (Wildman–Crippen MR) is 113 cm³/mol. The van der Waals surface area contributed by atoms with Crippen molar-refractivity contribution in [2.24, 2.45) is 0 Å². The number of aromatic nitrogens is 1. The normalized spacial score (nSPS) is 13.7. The molecular formula is C23H23N3O3. The Bertz CT molecular complexity index is 1020. The third kappa shape index (κ3) is 3.93. The first-order valence-corrected chi connectivity index (χ1v) is 9.58. The molecule has 4 rings (SSSR count). The molecule has 0 spiro atoms. The Labute approximate surface area is 169 Å². The predicted octanol–water partition coefficient (Wildman–Crippen LogP) is 3.44. The van der Waals surface area contributed by atoms with E-state index >= 15 is 0 Å². The van der Waals surface area contributed by atoms with Crippen LogP contribution in [0.5, 0.6) is 5.75 Å². The summed E-state index contributed by atoms with van der Waals surface area (Å²) < 4.78 is 5.21. The second kappa shape index (κ2) is 8.32. The van der Waals surface area contributed by atoms with E-state index in [1.165, 1.54) is 5.56 Å². The van der Waals surface area contributed by atoms with Gasteiger partial charge < -0.3 is 20.1 Å². The van der Waals surface area contributed by atoms with Crippen molar-refractivity contribution in [3.63, 3.8) is 0 Å². The van der Waals surface area contributed by atoms with Crippen LogP contribution >= 0.6 is 0 Å². The largest absolute Gasteiger partial charge is 0.497 e. The van der Waals surface area contributed by atoms with E-state index in [0.717, 1.165) is 17.7 Å². The van der Waals surface area contributed by atoms with Crippen LogP contribution in [0.4, 0.5) is 11.5 Å². The van der Waals surface area contributed by atoms with Crippen molar-refractivity contribution in [1.82, 2.24) is 4.98 Å². The highest BCUT2D eigenvalue weighted by molar-refractivity contribution is 6.10. The number of fused-ring (bicyclic) bond motifs is 1. The Kier molecular flexibility index (Phi) is 5.44. The number of aliphatic hydroxyl groups excluding tert-OH is 1. The van der Waals surface area contributed by atoms with E-state index in [9.17, 15) is 9.90 Å². The highest BCUT2D eigenvalue weighted by Gasteiger charge is 2.27. The van der Waals surface area contributed by atoms with Crippen molar-refractivity contribution >= 4 is 17.4 Å². The first kappa shape index (κ1) is 19.0. The van der Waals surface area contributed by atoms with Gasteiger partial charge in [0.2, 0.25) is 0 Å². The van der Waals surface area contributed by atoms with Crippen LogP contribution in [0.1, 0.15) is 27.6 Å². The van der Waals surface area contributed by atoms with Gasteiger partial charge in [0.15, 0.2) is 0 Å². The molecule has 0 aliphatic carbocycles. The second-order valence-electron chi connectivity index (χ2n) is 6.91. The summed E-state index contributed by atoms with van der Waals surface area (Å²) in [5.41, 5.74) is 3.34. The molecule has 3 aromatic rings. The number of methoxy groups -OCH3 is 1. The number of amides is 1. The zero-order valence-corrected chi connectivity index (χ0v) is 16.2. The van der Waals surface area contributed by atoms with E-state index in [0.29, 0.717) is 23.7 Å². The molecule has 1 aliphatic heterocycles. The van der Waals surface area contributed by atoms with Crippen LogP contribution in [0.3, 0.4) is 0 Å². The standard InChI is InChI=1S/C23H23N3O3/c1-29-18-8-4-7-17(14-18)21(27)15-25-22-19(9-5-12-24-22)23(28)26-13-11-16-6-2-3-10-20(16)26/h2-10,12,14,21,27H,11,13,15H2,1H3,(H,24,25). The minimum absolute atomic E-state index is 0.0959. The maximum Gasteiger partial charge on any atom is 0.262 e. The van der Waals surface area contributed by atoms with Gasteiger partial charge in [-0.05, 0) is 47.9 Å². The van der Waals surface area contributed by atoms with Crippen molar-refractivity contribution < 1.29 is 14.6 Å². The van der Waals surface area contributed by atoms with Crippen molar-refractivity contribution in [1.29, 1.82) is 0 Å². The number of hydrogen-bond donors (Lipinski definition) is 2. The second-order valence-corrected chi connectivity index (χ2v) is 6.91. The topological polar surface area (TPSA) is 74.7 Å². The summed E-state index contributed by atoms with van der Waals surface area (Å²) in [6, 6.07) is 18.7. The van der Waals surface area contributed by atoms with Crippen LogP contribution in [0.2, 0.25) is 0 Å². The zero-order valence-electron chi connectivity index (χ0n) is 16.2. The van der Waals surface area contributed by atoms with Gasteiger partial charge in [0, 0.05) is 25.0 Å². The van der Waals surface area contributed by atoms with E-state index in [1.807, 2.05) is 36.4 Å². The summed E-state index contributed by atoms with van der Waals surface area (Å²) in [7, 11) is 1.59. The van der Waals surface area contributed by atoms with Gasteiger partial charge in [-0.25, -0.2) is 4.98 Å². The maximum atomic E-state index is 13.2. The summed E-state index contributed by atoms with van der Waals surface area (Å²) in [5.74, 6) is 1.05. The molecule has 148 valence electrons. The lowest BCUT2D eigenvalue weighted by Gasteiger charge is -2.20. The fraction of sp³-hybridized carbons (Fsp3) is 0.217. The SMILES string of the molecule is COc1cccc(C(O)CNc2ncccc2C(=O)N2CCc3ccccc32)c1. The van der Waals surface area contributed by atoms with Gasteiger partial charge in [-0.3, -0.25) is 4.79 Å². The number of nitrogens with zero attached hydrogens (tertiary/aromatic N) is 2. The Balaban J connectivity index is 1.51. The van der Waals surface area contributed by atoms with Gasteiger partial charge in [-0.15, -0.1) is 0 Å². The van der Waals surface area contributed by atoms with Gasteiger partial charge in [-0.2, -0.15) is 0 Å². The highest BCUT2D eigenvalue weighted by atomic mass is 16.5. The molecule has 29 heavy (non-hydrogen) atoms. The Morgan fingerprint density at radius 3 is 2.93 bits per heavy atom. The number of benzene rings is 2. The third-order valence-corrected chi connectivity index (χ3v) is 5.11. The minimum atomic E-state index is -0.762. The number of carbonyl (C=O) groups is 1. The smallest absolute Gasteiger partial charge is 0.262 e. The first-order valence-electron chi connectivity index (χ1n) is 9.58. The number of rotatable bonds is 6. The minimum Gasteiger partial charge on any atom is -0.497 e. The molecular weight excluding hydrogens is 366 g/mol. The van der Waals surface area contributed by atoms with Crippen LogP contribution in [0.15, 0.2) is 66.9 Å². The quantitative estimate of drug-likeness (QED) is 0.676. The number of pyridine rings is 1. The molecule has 2 N–H and O–H groups in total.